The fourth-order valence-corrected chi connectivity index (χ4v) is 3.34. The second kappa shape index (κ2) is 9.05. The Hall–Kier alpha value is -3.93. The number of carbonyl (C=O) groups is 2. The molecule has 6 nitrogen and oxygen atoms in total. The van der Waals surface area contributed by atoms with E-state index in [0.717, 1.165) is 11.1 Å². The second-order valence-electron chi connectivity index (χ2n) is 6.97. The number of anilines is 1. The van der Waals surface area contributed by atoms with Gasteiger partial charge in [-0.15, -0.1) is 0 Å². The highest BCUT2D eigenvalue weighted by molar-refractivity contribution is 6.39. The molecule has 0 fully saturated rings. The Morgan fingerprint density at radius 3 is 2.20 bits per heavy atom. The third-order valence-corrected chi connectivity index (χ3v) is 4.86. The van der Waals surface area contributed by atoms with E-state index in [4.69, 9.17) is 0 Å². The average Bonchev–Trinajstić information content (AvgIpc) is 2.81. The summed E-state index contributed by atoms with van der Waals surface area (Å²) in [6, 6.07) is 28.7. The lowest BCUT2D eigenvalue weighted by atomic mass is 9.99. The molecule has 1 aliphatic rings. The van der Waals surface area contributed by atoms with Crippen LogP contribution in [0.3, 0.4) is 0 Å². The average molecular weight is 398 g/mol. The molecule has 0 radical (unpaired) electrons. The fraction of sp³-hybridized carbons (Fsp3) is 0.125. The van der Waals surface area contributed by atoms with Crippen molar-refractivity contribution in [3.63, 3.8) is 0 Å². The van der Waals surface area contributed by atoms with Gasteiger partial charge in [-0.25, -0.2) is 5.01 Å². The van der Waals surface area contributed by atoms with Crippen LogP contribution in [-0.2, 0) is 16.0 Å². The smallest absolute Gasteiger partial charge is 0.288 e. The van der Waals surface area contributed by atoms with Crippen molar-refractivity contribution < 1.29 is 9.59 Å². The first kappa shape index (κ1) is 19.4. The van der Waals surface area contributed by atoms with Gasteiger partial charge in [-0.05, 0) is 29.7 Å². The van der Waals surface area contributed by atoms with E-state index < -0.39 is 0 Å². The van der Waals surface area contributed by atoms with Crippen LogP contribution in [0, 0.1) is 0 Å². The van der Waals surface area contributed by atoms with Gasteiger partial charge in [0.25, 0.3) is 11.8 Å². The molecule has 0 unspecified atom stereocenters. The number of amides is 2. The van der Waals surface area contributed by atoms with Crippen molar-refractivity contribution in [1.29, 1.82) is 0 Å². The van der Waals surface area contributed by atoms with Crippen LogP contribution >= 0.6 is 0 Å². The predicted molar refractivity (Wildman–Crippen MR) is 117 cm³/mol. The number of nitrogens with one attached hydrogen (secondary N) is 2. The van der Waals surface area contributed by atoms with E-state index in [2.05, 4.69) is 15.7 Å². The van der Waals surface area contributed by atoms with Crippen molar-refractivity contribution in [3.8, 4) is 0 Å². The van der Waals surface area contributed by atoms with Gasteiger partial charge < -0.3 is 5.32 Å². The van der Waals surface area contributed by atoms with E-state index in [1.165, 1.54) is 5.01 Å². The lowest BCUT2D eigenvalue weighted by Crippen LogP contribution is -2.56. The lowest BCUT2D eigenvalue weighted by molar-refractivity contribution is -0.118. The molecule has 0 aliphatic carbocycles. The van der Waals surface area contributed by atoms with Gasteiger partial charge in [0.2, 0.25) is 5.84 Å². The summed E-state index contributed by atoms with van der Waals surface area (Å²) >= 11 is 0. The van der Waals surface area contributed by atoms with E-state index in [9.17, 15) is 9.59 Å². The molecule has 0 spiro atoms. The highest BCUT2D eigenvalue weighted by Crippen LogP contribution is 2.19. The molecular weight excluding hydrogens is 376 g/mol. The van der Waals surface area contributed by atoms with Gasteiger partial charge in [0.1, 0.15) is 6.54 Å². The monoisotopic (exact) mass is 398 g/mol. The van der Waals surface area contributed by atoms with Gasteiger partial charge >= 0.3 is 0 Å². The minimum atomic E-state index is -0.354. The standard InChI is InChI=1S/C24H22N4O2/c29-22-17-25-23(27-28(22)20-14-8-3-9-15-20)24(30)26-21(19-12-6-2-7-13-19)16-18-10-4-1-5-11-18/h1-15,21H,16-17H2,(H,25,27)(H,26,30)/t21-/m0/s1. The zero-order valence-electron chi connectivity index (χ0n) is 16.4. The van der Waals surface area contributed by atoms with Gasteiger partial charge in [0.05, 0.1) is 11.7 Å². The molecule has 6 heteroatoms. The van der Waals surface area contributed by atoms with Crippen LogP contribution in [0.4, 0.5) is 5.69 Å². The Morgan fingerprint density at radius 1 is 0.933 bits per heavy atom. The number of hydrogen-bond donors (Lipinski definition) is 2. The Balaban J connectivity index is 1.53. The Bertz CT molecular complexity index is 1040. The molecule has 1 heterocycles. The molecule has 2 N–H and O–H groups in total. The SMILES string of the molecule is O=C(N[C@@H](Cc1ccccc1)c1ccccc1)C1=NCC(=O)N(c2ccccc2)N1. The molecule has 1 atom stereocenters. The molecule has 0 bridgehead atoms. The summed E-state index contributed by atoms with van der Waals surface area (Å²) in [5, 5.41) is 4.43. The van der Waals surface area contributed by atoms with Crippen LogP contribution in [-0.4, -0.2) is 24.2 Å². The number of rotatable bonds is 6. The molecule has 0 saturated carbocycles. The van der Waals surface area contributed by atoms with E-state index in [1.807, 2.05) is 78.9 Å². The maximum absolute atomic E-state index is 13.0. The Labute approximate surface area is 175 Å². The van der Waals surface area contributed by atoms with Crippen LogP contribution < -0.4 is 15.8 Å². The van der Waals surface area contributed by atoms with Gasteiger partial charge in [0, 0.05) is 0 Å². The van der Waals surface area contributed by atoms with Crippen LogP contribution in [0.25, 0.3) is 0 Å². The van der Waals surface area contributed by atoms with Crippen LogP contribution in [0.15, 0.2) is 96.0 Å². The van der Waals surface area contributed by atoms with Crippen LogP contribution in [0.1, 0.15) is 17.2 Å². The Morgan fingerprint density at radius 2 is 1.53 bits per heavy atom. The minimum absolute atomic E-state index is 0.0840. The first-order valence-corrected chi connectivity index (χ1v) is 9.79. The zero-order chi connectivity index (χ0) is 20.8. The zero-order valence-corrected chi connectivity index (χ0v) is 16.4. The summed E-state index contributed by atoms with van der Waals surface area (Å²) in [5.74, 6) is -0.456. The number of amidine groups is 1. The number of carbonyl (C=O) groups excluding carboxylic acids is 2. The maximum atomic E-state index is 13.0. The third-order valence-electron chi connectivity index (χ3n) is 4.86. The summed E-state index contributed by atoms with van der Waals surface area (Å²) < 4.78 is 0. The van der Waals surface area contributed by atoms with Crippen molar-refractivity contribution in [1.82, 2.24) is 10.7 Å². The highest BCUT2D eigenvalue weighted by Gasteiger charge is 2.27. The summed E-state index contributed by atoms with van der Waals surface area (Å²) in [6.45, 7) is -0.0840. The molecule has 3 aromatic carbocycles. The van der Waals surface area contributed by atoms with E-state index in [0.29, 0.717) is 12.1 Å². The number of para-hydroxylation sites is 1. The molecule has 4 rings (SSSR count). The third kappa shape index (κ3) is 4.55. The number of hydrogen-bond acceptors (Lipinski definition) is 4. The second-order valence-corrected chi connectivity index (χ2v) is 6.97. The minimum Gasteiger partial charge on any atom is -0.342 e. The molecule has 3 aromatic rings. The van der Waals surface area contributed by atoms with Crippen molar-refractivity contribution in [3.05, 3.63) is 102 Å². The van der Waals surface area contributed by atoms with Crippen molar-refractivity contribution in [2.75, 3.05) is 11.6 Å². The van der Waals surface area contributed by atoms with Crippen LogP contribution in [0.2, 0.25) is 0 Å². The van der Waals surface area contributed by atoms with Gasteiger partial charge in [-0.3, -0.25) is 20.0 Å². The largest absolute Gasteiger partial charge is 0.342 e. The molecule has 0 saturated heterocycles. The fourth-order valence-electron chi connectivity index (χ4n) is 3.34. The normalized spacial score (nSPS) is 14.5. The molecule has 150 valence electrons. The number of aliphatic imine (C=N–C) groups is 1. The number of benzene rings is 3. The van der Waals surface area contributed by atoms with Crippen LogP contribution in [0.5, 0.6) is 0 Å². The first-order valence-electron chi connectivity index (χ1n) is 9.79. The topological polar surface area (TPSA) is 73.8 Å². The van der Waals surface area contributed by atoms with Gasteiger partial charge in [-0.2, -0.15) is 0 Å². The summed E-state index contributed by atoms with van der Waals surface area (Å²) in [4.78, 5) is 29.4. The molecule has 1 aliphatic heterocycles. The lowest BCUT2D eigenvalue weighted by Gasteiger charge is -2.28. The molecular formula is C24H22N4O2. The molecule has 2 amide bonds. The summed E-state index contributed by atoms with van der Waals surface area (Å²) in [7, 11) is 0. The van der Waals surface area contributed by atoms with Gasteiger partial charge in [-0.1, -0.05) is 78.9 Å². The summed E-state index contributed by atoms with van der Waals surface area (Å²) in [6.07, 6.45) is 0.644. The predicted octanol–water partition coefficient (Wildman–Crippen LogP) is 3.04. The quantitative estimate of drug-likeness (QED) is 0.670. The van der Waals surface area contributed by atoms with Crippen molar-refractivity contribution in [2.45, 2.75) is 12.5 Å². The summed E-state index contributed by atoms with van der Waals surface area (Å²) in [5.41, 5.74) is 5.64. The highest BCUT2D eigenvalue weighted by atomic mass is 16.2. The van der Waals surface area contributed by atoms with Crippen molar-refractivity contribution in [2.24, 2.45) is 4.99 Å². The maximum Gasteiger partial charge on any atom is 0.288 e. The van der Waals surface area contributed by atoms with E-state index in [-0.39, 0.29) is 30.2 Å². The van der Waals surface area contributed by atoms with E-state index in [1.54, 1.807) is 12.1 Å². The molecule has 30 heavy (non-hydrogen) atoms. The Kier molecular flexibility index (Phi) is 5.85. The van der Waals surface area contributed by atoms with Gasteiger partial charge in [0.15, 0.2) is 0 Å². The van der Waals surface area contributed by atoms with E-state index >= 15 is 0 Å². The number of nitrogens with zero attached hydrogens (tertiary/aromatic N) is 2. The van der Waals surface area contributed by atoms with Crippen molar-refractivity contribution >= 4 is 23.3 Å². The molecule has 0 aromatic heterocycles. The first-order chi connectivity index (χ1) is 14.7. The number of hydrazine groups is 1.